The number of aryl methyl sites for hydroxylation is 1. The van der Waals surface area contributed by atoms with Gasteiger partial charge in [0.15, 0.2) is 0 Å². The molecule has 3 aromatic heterocycles. The quantitative estimate of drug-likeness (QED) is 0.704. The Kier molecular flexibility index (Phi) is 4.04. The van der Waals surface area contributed by atoms with Crippen LogP contribution in [0.4, 0.5) is 5.82 Å². The molecule has 0 bridgehead atoms. The summed E-state index contributed by atoms with van der Waals surface area (Å²) < 4.78 is 5.24. The van der Waals surface area contributed by atoms with Gasteiger partial charge >= 0.3 is 0 Å². The van der Waals surface area contributed by atoms with Gasteiger partial charge < -0.3 is 9.42 Å². The van der Waals surface area contributed by atoms with E-state index < -0.39 is 0 Å². The summed E-state index contributed by atoms with van der Waals surface area (Å²) in [5, 5.41) is 4.92. The molecule has 4 rings (SSSR count). The Morgan fingerprint density at radius 2 is 1.96 bits per heavy atom. The van der Waals surface area contributed by atoms with Crippen molar-refractivity contribution < 1.29 is 4.52 Å². The largest absolute Gasteiger partial charge is 0.353 e. The highest BCUT2D eigenvalue weighted by Crippen LogP contribution is 2.26. The molecule has 1 aliphatic heterocycles. The molecule has 0 aliphatic carbocycles. The zero-order valence-electron chi connectivity index (χ0n) is 13.6. The maximum absolute atomic E-state index is 5.24. The van der Waals surface area contributed by atoms with Crippen LogP contribution in [0.5, 0.6) is 0 Å². The second-order valence-corrected chi connectivity index (χ2v) is 5.92. The van der Waals surface area contributed by atoms with E-state index in [4.69, 9.17) is 4.52 Å². The molecule has 24 heavy (non-hydrogen) atoms. The molecule has 0 saturated carbocycles. The van der Waals surface area contributed by atoms with E-state index in [0.717, 1.165) is 61.7 Å². The molecule has 0 aromatic carbocycles. The second-order valence-electron chi connectivity index (χ2n) is 5.92. The first-order valence-corrected chi connectivity index (χ1v) is 8.10. The predicted molar refractivity (Wildman–Crippen MR) is 88.7 cm³/mol. The summed E-state index contributed by atoms with van der Waals surface area (Å²) in [6.45, 7) is 6.77. The molecule has 0 unspecified atom stereocenters. The van der Waals surface area contributed by atoms with Crippen LogP contribution in [0.1, 0.15) is 11.4 Å². The van der Waals surface area contributed by atoms with Gasteiger partial charge in [-0.05, 0) is 6.92 Å². The summed E-state index contributed by atoms with van der Waals surface area (Å²) in [5.41, 5.74) is 2.44. The maximum atomic E-state index is 5.24. The lowest BCUT2D eigenvalue weighted by Crippen LogP contribution is -2.47. The van der Waals surface area contributed by atoms with Crippen LogP contribution >= 0.6 is 0 Å². The lowest BCUT2D eigenvalue weighted by atomic mass is 10.2. The number of nitrogens with zero attached hydrogens (tertiary/aromatic N) is 7. The van der Waals surface area contributed by atoms with Crippen LogP contribution in [0.2, 0.25) is 0 Å². The number of hydrogen-bond acceptors (Lipinski definition) is 8. The summed E-state index contributed by atoms with van der Waals surface area (Å²) in [7, 11) is 0. The number of fused-ring (bicyclic) bond motifs is 1. The topological polar surface area (TPSA) is 84.1 Å². The van der Waals surface area contributed by atoms with Crippen molar-refractivity contribution in [3.05, 3.63) is 36.3 Å². The number of piperazine rings is 1. The zero-order valence-corrected chi connectivity index (χ0v) is 13.6. The molecule has 8 heteroatoms. The van der Waals surface area contributed by atoms with Gasteiger partial charge in [0, 0.05) is 57.7 Å². The van der Waals surface area contributed by atoms with E-state index in [2.05, 4.69) is 34.9 Å². The molecule has 0 atom stereocenters. The lowest BCUT2D eigenvalue weighted by Gasteiger charge is -2.35. The molecule has 3 aromatic rings. The molecule has 4 heterocycles. The van der Waals surface area contributed by atoms with Gasteiger partial charge in [-0.25, -0.2) is 4.98 Å². The fourth-order valence-electron chi connectivity index (χ4n) is 3.06. The third-order valence-electron chi connectivity index (χ3n) is 4.40. The molecule has 1 fully saturated rings. The lowest BCUT2D eigenvalue weighted by molar-refractivity contribution is 0.260. The second kappa shape index (κ2) is 6.48. The van der Waals surface area contributed by atoms with Crippen molar-refractivity contribution in [3.63, 3.8) is 0 Å². The maximum Gasteiger partial charge on any atom is 0.263 e. The highest BCUT2D eigenvalue weighted by Gasteiger charge is 2.22. The predicted octanol–water partition coefficient (Wildman–Crippen LogP) is 1.08. The van der Waals surface area contributed by atoms with E-state index >= 15 is 0 Å². The summed E-state index contributed by atoms with van der Waals surface area (Å²) in [6, 6.07) is 0. The summed E-state index contributed by atoms with van der Waals surface area (Å²) in [4.78, 5) is 21.8. The molecule has 0 spiro atoms. The number of aromatic nitrogens is 5. The van der Waals surface area contributed by atoms with Crippen LogP contribution in [0.3, 0.4) is 0 Å². The number of rotatable bonds is 4. The molecule has 1 saturated heterocycles. The van der Waals surface area contributed by atoms with Crippen molar-refractivity contribution in [1.82, 2.24) is 30.0 Å². The molecular formula is C16H19N7O. The van der Waals surface area contributed by atoms with Gasteiger partial charge in [-0.15, -0.1) is 0 Å². The van der Waals surface area contributed by atoms with Gasteiger partial charge in [0.2, 0.25) is 0 Å². The minimum atomic E-state index is 0.558. The minimum absolute atomic E-state index is 0.558. The number of anilines is 1. The number of hydrogen-bond donors (Lipinski definition) is 0. The Morgan fingerprint density at radius 1 is 1.08 bits per heavy atom. The van der Waals surface area contributed by atoms with Crippen LogP contribution in [-0.4, -0.2) is 62.7 Å². The van der Waals surface area contributed by atoms with E-state index in [-0.39, 0.29) is 0 Å². The first kappa shape index (κ1) is 14.9. The van der Waals surface area contributed by atoms with Gasteiger partial charge in [0.1, 0.15) is 17.5 Å². The Morgan fingerprint density at radius 3 is 2.75 bits per heavy atom. The van der Waals surface area contributed by atoms with E-state index in [0.29, 0.717) is 5.71 Å². The van der Waals surface area contributed by atoms with E-state index in [9.17, 15) is 0 Å². The molecule has 1 aliphatic rings. The Hall–Kier alpha value is -2.61. The SMILES string of the molecule is Cc1noc2ncnc(N3CCN(CCc4cnccn4)CC3)c12. The van der Waals surface area contributed by atoms with Crippen molar-refractivity contribution in [1.29, 1.82) is 0 Å². The highest BCUT2D eigenvalue weighted by molar-refractivity contribution is 5.87. The first-order chi connectivity index (χ1) is 11.8. The van der Waals surface area contributed by atoms with Gasteiger partial charge in [-0.2, -0.15) is 4.98 Å². The summed E-state index contributed by atoms with van der Waals surface area (Å²) in [6.07, 6.45) is 7.76. The monoisotopic (exact) mass is 325 g/mol. The smallest absolute Gasteiger partial charge is 0.263 e. The third kappa shape index (κ3) is 2.92. The van der Waals surface area contributed by atoms with E-state index in [1.54, 1.807) is 18.7 Å². The van der Waals surface area contributed by atoms with Gasteiger partial charge in [0.25, 0.3) is 5.71 Å². The van der Waals surface area contributed by atoms with Crippen molar-refractivity contribution >= 4 is 16.9 Å². The summed E-state index contributed by atoms with van der Waals surface area (Å²) in [5.74, 6) is 0.923. The van der Waals surface area contributed by atoms with E-state index in [1.165, 1.54) is 0 Å². The highest BCUT2D eigenvalue weighted by atomic mass is 16.5. The van der Waals surface area contributed by atoms with Gasteiger partial charge in [-0.3, -0.25) is 14.9 Å². The Balaban J connectivity index is 1.40. The first-order valence-electron chi connectivity index (χ1n) is 8.10. The van der Waals surface area contributed by atoms with E-state index in [1.807, 2.05) is 13.1 Å². The molecular weight excluding hydrogens is 306 g/mol. The van der Waals surface area contributed by atoms with Crippen molar-refractivity contribution in [3.8, 4) is 0 Å². The molecule has 0 radical (unpaired) electrons. The minimum Gasteiger partial charge on any atom is -0.353 e. The normalized spacial score (nSPS) is 16.0. The van der Waals surface area contributed by atoms with Crippen LogP contribution in [0.15, 0.2) is 29.4 Å². The average molecular weight is 325 g/mol. The molecule has 8 nitrogen and oxygen atoms in total. The molecule has 0 N–H and O–H groups in total. The van der Waals surface area contributed by atoms with Crippen molar-refractivity contribution in [2.45, 2.75) is 13.3 Å². The van der Waals surface area contributed by atoms with Gasteiger partial charge in [-0.1, -0.05) is 5.16 Å². The third-order valence-corrected chi connectivity index (χ3v) is 4.40. The van der Waals surface area contributed by atoms with Crippen LogP contribution in [-0.2, 0) is 6.42 Å². The average Bonchev–Trinajstić information content (AvgIpc) is 3.03. The Labute approximate surface area is 139 Å². The van der Waals surface area contributed by atoms with Crippen molar-refractivity contribution in [2.24, 2.45) is 0 Å². The zero-order chi connectivity index (χ0) is 16.4. The molecule has 0 amide bonds. The standard InChI is InChI=1S/C16H19N7O/c1-12-14-15(19-11-20-16(14)24-21-12)23-8-6-22(7-9-23)5-2-13-10-17-3-4-18-13/h3-4,10-11H,2,5-9H2,1H3. The summed E-state index contributed by atoms with van der Waals surface area (Å²) >= 11 is 0. The van der Waals surface area contributed by atoms with Crippen LogP contribution < -0.4 is 4.90 Å². The van der Waals surface area contributed by atoms with Crippen LogP contribution in [0.25, 0.3) is 11.1 Å². The Bertz CT molecular complexity index is 812. The van der Waals surface area contributed by atoms with Gasteiger partial charge in [0.05, 0.1) is 11.4 Å². The van der Waals surface area contributed by atoms with Crippen LogP contribution in [0, 0.1) is 6.92 Å². The van der Waals surface area contributed by atoms with Crippen molar-refractivity contribution in [2.75, 3.05) is 37.6 Å². The fraction of sp³-hybridized carbons (Fsp3) is 0.438. The fourth-order valence-corrected chi connectivity index (χ4v) is 3.06. The molecule has 124 valence electrons.